The third kappa shape index (κ3) is 5.91. The molecule has 0 spiro atoms. The lowest BCUT2D eigenvalue weighted by molar-refractivity contribution is -0.131. The van der Waals surface area contributed by atoms with Gasteiger partial charge in [0.2, 0.25) is 15.9 Å². The number of carbonyl (C=O) groups is 1. The maximum absolute atomic E-state index is 13.3. The van der Waals surface area contributed by atoms with Crippen molar-refractivity contribution in [3.05, 3.63) is 24.3 Å². The molecule has 1 aromatic carbocycles. The molecule has 3 rings (SSSR count). The zero-order chi connectivity index (χ0) is 20.7. The minimum absolute atomic E-state index is 0.00858. The molecular formula is C20H31N3O5S. The Morgan fingerprint density at radius 2 is 2.00 bits per heavy atom. The highest BCUT2D eigenvalue weighted by Crippen LogP contribution is 2.23. The van der Waals surface area contributed by atoms with E-state index in [4.69, 9.17) is 9.47 Å². The molecule has 1 atom stereocenters. The van der Waals surface area contributed by atoms with Crippen LogP contribution in [0.5, 0.6) is 5.75 Å². The number of ether oxygens (including phenoxy) is 2. The number of carbonyl (C=O) groups excluding carboxylic acids is 1. The SMILES string of the molecule is CCOc1ccc(S(=O)(=O)N(CCC(=O)N2CCNCC2)CC2CCCO2)cc1. The van der Waals surface area contributed by atoms with E-state index in [-0.39, 0.29) is 36.4 Å². The number of nitrogens with one attached hydrogen (secondary N) is 1. The topological polar surface area (TPSA) is 88.2 Å². The van der Waals surface area contributed by atoms with E-state index in [2.05, 4.69) is 5.32 Å². The number of nitrogens with zero attached hydrogens (tertiary/aromatic N) is 2. The Hall–Kier alpha value is -1.68. The lowest BCUT2D eigenvalue weighted by Crippen LogP contribution is -2.47. The average Bonchev–Trinajstić information content (AvgIpc) is 3.25. The fourth-order valence-corrected chi connectivity index (χ4v) is 5.11. The number of hydrogen-bond donors (Lipinski definition) is 1. The average molecular weight is 426 g/mol. The Kier molecular flexibility index (Phi) is 7.88. The quantitative estimate of drug-likeness (QED) is 0.637. The van der Waals surface area contributed by atoms with Gasteiger partial charge in [0.15, 0.2) is 0 Å². The molecule has 8 nitrogen and oxygen atoms in total. The summed E-state index contributed by atoms with van der Waals surface area (Å²) in [5.74, 6) is 0.622. The summed E-state index contributed by atoms with van der Waals surface area (Å²) in [6, 6.07) is 6.43. The van der Waals surface area contributed by atoms with Crippen LogP contribution < -0.4 is 10.1 Å². The first kappa shape index (κ1) is 22.0. The van der Waals surface area contributed by atoms with Crippen LogP contribution in [0.1, 0.15) is 26.2 Å². The molecule has 0 saturated carbocycles. The van der Waals surface area contributed by atoms with Crippen LogP contribution in [-0.2, 0) is 19.6 Å². The molecule has 1 aromatic rings. The largest absolute Gasteiger partial charge is 0.494 e. The van der Waals surface area contributed by atoms with Gasteiger partial charge in [-0.15, -0.1) is 0 Å². The highest BCUT2D eigenvalue weighted by atomic mass is 32.2. The summed E-state index contributed by atoms with van der Waals surface area (Å²) >= 11 is 0. The van der Waals surface area contributed by atoms with E-state index >= 15 is 0 Å². The third-order valence-corrected chi connectivity index (χ3v) is 7.13. The summed E-state index contributed by atoms with van der Waals surface area (Å²) in [6.07, 6.45) is 1.81. The van der Waals surface area contributed by atoms with E-state index < -0.39 is 10.0 Å². The minimum atomic E-state index is -3.73. The van der Waals surface area contributed by atoms with Gasteiger partial charge in [0.25, 0.3) is 0 Å². The molecule has 2 heterocycles. The summed E-state index contributed by atoms with van der Waals surface area (Å²) in [5.41, 5.74) is 0. The minimum Gasteiger partial charge on any atom is -0.494 e. The highest BCUT2D eigenvalue weighted by molar-refractivity contribution is 7.89. The summed E-state index contributed by atoms with van der Waals surface area (Å²) < 4.78 is 39.0. The van der Waals surface area contributed by atoms with E-state index in [1.807, 2.05) is 6.92 Å². The second kappa shape index (κ2) is 10.4. The van der Waals surface area contributed by atoms with Gasteiger partial charge in [-0.2, -0.15) is 4.31 Å². The summed E-state index contributed by atoms with van der Waals surface area (Å²) in [5, 5.41) is 3.22. The van der Waals surface area contributed by atoms with E-state index in [9.17, 15) is 13.2 Å². The van der Waals surface area contributed by atoms with Gasteiger partial charge in [0.1, 0.15) is 5.75 Å². The fourth-order valence-electron chi connectivity index (χ4n) is 3.64. The Bertz CT molecular complexity index is 757. The molecule has 2 saturated heterocycles. The van der Waals surface area contributed by atoms with Crippen LogP contribution in [0.25, 0.3) is 0 Å². The van der Waals surface area contributed by atoms with Crippen LogP contribution in [0.15, 0.2) is 29.2 Å². The van der Waals surface area contributed by atoms with Crippen LogP contribution in [0.4, 0.5) is 0 Å². The van der Waals surface area contributed by atoms with E-state index in [0.717, 1.165) is 25.9 Å². The van der Waals surface area contributed by atoms with E-state index in [1.165, 1.54) is 4.31 Å². The predicted octanol–water partition coefficient (Wildman–Crippen LogP) is 1.08. The lowest BCUT2D eigenvalue weighted by Gasteiger charge is -2.29. The van der Waals surface area contributed by atoms with Crippen LogP contribution >= 0.6 is 0 Å². The van der Waals surface area contributed by atoms with Gasteiger partial charge in [0.05, 0.1) is 17.6 Å². The zero-order valence-electron chi connectivity index (χ0n) is 17.0. The smallest absolute Gasteiger partial charge is 0.243 e. The number of piperazine rings is 1. The molecule has 1 N–H and O–H groups in total. The van der Waals surface area contributed by atoms with Crippen molar-refractivity contribution in [3.8, 4) is 5.75 Å². The molecule has 9 heteroatoms. The molecule has 1 amide bonds. The molecule has 2 aliphatic heterocycles. The first-order chi connectivity index (χ1) is 14.0. The number of sulfonamides is 1. The van der Waals surface area contributed by atoms with Crippen molar-refractivity contribution < 1.29 is 22.7 Å². The Balaban J connectivity index is 1.71. The molecule has 1 unspecified atom stereocenters. The van der Waals surface area contributed by atoms with Crippen molar-refractivity contribution >= 4 is 15.9 Å². The zero-order valence-corrected chi connectivity index (χ0v) is 17.8. The fraction of sp³-hybridized carbons (Fsp3) is 0.650. The summed E-state index contributed by atoms with van der Waals surface area (Å²) in [4.78, 5) is 14.5. The van der Waals surface area contributed by atoms with Gasteiger partial charge >= 0.3 is 0 Å². The van der Waals surface area contributed by atoms with Crippen molar-refractivity contribution in [1.82, 2.24) is 14.5 Å². The highest BCUT2D eigenvalue weighted by Gasteiger charge is 2.30. The predicted molar refractivity (Wildman–Crippen MR) is 109 cm³/mol. The molecule has 2 aliphatic rings. The van der Waals surface area contributed by atoms with Gasteiger partial charge in [0, 0.05) is 52.3 Å². The van der Waals surface area contributed by atoms with Gasteiger partial charge in [-0.1, -0.05) is 0 Å². The van der Waals surface area contributed by atoms with Gasteiger partial charge in [-0.05, 0) is 44.0 Å². The lowest BCUT2D eigenvalue weighted by atomic mass is 10.2. The molecule has 0 radical (unpaired) electrons. The van der Waals surface area contributed by atoms with E-state index in [0.29, 0.717) is 32.1 Å². The Morgan fingerprint density at radius 3 is 2.62 bits per heavy atom. The van der Waals surface area contributed by atoms with Gasteiger partial charge < -0.3 is 19.7 Å². The number of amides is 1. The van der Waals surface area contributed by atoms with Crippen molar-refractivity contribution in [2.24, 2.45) is 0 Å². The van der Waals surface area contributed by atoms with Gasteiger partial charge in [-0.3, -0.25) is 4.79 Å². The molecule has 162 valence electrons. The van der Waals surface area contributed by atoms with Crippen LogP contribution in [0, 0.1) is 0 Å². The maximum Gasteiger partial charge on any atom is 0.243 e. The Labute approximate surface area is 173 Å². The van der Waals surface area contributed by atoms with Crippen molar-refractivity contribution in [2.45, 2.75) is 37.2 Å². The molecule has 29 heavy (non-hydrogen) atoms. The summed E-state index contributed by atoms with van der Waals surface area (Å²) in [7, 11) is -3.73. The third-order valence-electron chi connectivity index (χ3n) is 5.25. The second-order valence-electron chi connectivity index (χ2n) is 7.28. The van der Waals surface area contributed by atoms with Crippen LogP contribution in [-0.4, -0.2) is 82.1 Å². The molecule has 0 aromatic heterocycles. The van der Waals surface area contributed by atoms with Crippen molar-refractivity contribution in [1.29, 1.82) is 0 Å². The maximum atomic E-state index is 13.3. The first-order valence-electron chi connectivity index (χ1n) is 10.3. The van der Waals surface area contributed by atoms with Crippen LogP contribution in [0.3, 0.4) is 0 Å². The monoisotopic (exact) mass is 425 g/mol. The van der Waals surface area contributed by atoms with Gasteiger partial charge in [-0.25, -0.2) is 8.42 Å². The van der Waals surface area contributed by atoms with Crippen molar-refractivity contribution in [2.75, 3.05) is 52.5 Å². The summed E-state index contributed by atoms with van der Waals surface area (Å²) in [6.45, 7) is 6.34. The number of hydrogen-bond acceptors (Lipinski definition) is 6. The standard InChI is InChI=1S/C20H31N3O5S/c1-2-27-17-5-7-19(8-6-17)29(25,26)23(16-18-4-3-15-28-18)12-9-20(24)22-13-10-21-11-14-22/h5-8,18,21H,2-4,9-16H2,1H3. The molecule has 0 aliphatic carbocycles. The molecule has 2 fully saturated rings. The number of rotatable bonds is 9. The normalized spacial score (nSPS) is 20.2. The number of benzene rings is 1. The second-order valence-corrected chi connectivity index (χ2v) is 9.22. The Morgan fingerprint density at radius 1 is 1.28 bits per heavy atom. The van der Waals surface area contributed by atoms with Crippen molar-refractivity contribution in [3.63, 3.8) is 0 Å². The van der Waals surface area contributed by atoms with Crippen LogP contribution in [0.2, 0.25) is 0 Å². The van der Waals surface area contributed by atoms with E-state index in [1.54, 1.807) is 29.2 Å². The molecular weight excluding hydrogens is 394 g/mol. The molecule has 0 bridgehead atoms. The first-order valence-corrected chi connectivity index (χ1v) is 11.8.